The molecule has 104 valence electrons. The van der Waals surface area contributed by atoms with Gasteiger partial charge in [-0.2, -0.15) is 0 Å². The van der Waals surface area contributed by atoms with E-state index in [2.05, 4.69) is 30.2 Å². The zero-order chi connectivity index (χ0) is 13.8. The Kier molecular flexibility index (Phi) is 4.70. The number of hydrogen-bond acceptors (Lipinski definition) is 1. The molecule has 1 saturated carbocycles. The Labute approximate surface area is 120 Å². The second-order valence-electron chi connectivity index (χ2n) is 5.35. The standard InChI is InChI=1S/C15H22ClN3/c1-3-10(2)18-15(17)19-14-8-12(9-14)11-5-4-6-13(16)7-11/h4-7,10,12,14H,3,8-9H2,1-2H3,(H3,17,18,19). The van der Waals surface area contributed by atoms with E-state index < -0.39 is 0 Å². The first kappa shape index (κ1) is 14.2. The maximum Gasteiger partial charge on any atom is 0.189 e. The molecule has 4 heteroatoms. The topological polar surface area (TPSA) is 50.4 Å². The highest BCUT2D eigenvalue weighted by atomic mass is 35.5. The first-order valence-electron chi connectivity index (χ1n) is 6.93. The minimum atomic E-state index is 0.348. The van der Waals surface area contributed by atoms with Crippen molar-refractivity contribution in [3.63, 3.8) is 0 Å². The molecule has 1 unspecified atom stereocenters. The van der Waals surface area contributed by atoms with Crippen LogP contribution in [0.25, 0.3) is 0 Å². The number of benzene rings is 1. The highest BCUT2D eigenvalue weighted by Crippen LogP contribution is 2.39. The summed E-state index contributed by atoms with van der Waals surface area (Å²) in [5, 5.41) is 4.01. The molecular weight excluding hydrogens is 258 g/mol. The molecule has 2 rings (SSSR count). The fourth-order valence-corrected chi connectivity index (χ4v) is 2.51. The normalized spacial score (nSPS) is 24.7. The summed E-state index contributed by atoms with van der Waals surface area (Å²) in [7, 11) is 0. The number of halogens is 1. The average Bonchev–Trinajstić information content (AvgIpc) is 2.33. The molecule has 0 saturated heterocycles. The Bertz CT molecular complexity index is 452. The van der Waals surface area contributed by atoms with Gasteiger partial charge in [-0.1, -0.05) is 30.7 Å². The van der Waals surface area contributed by atoms with Crippen molar-refractivity contribution in [2.24, 2.45) is 10.7 Å². The SMILES string of the molecule is CCC(C)NC(N)=NC1CC(c2cccc(Cl)c2)C1. The van der Waals surface area contributed by atoms with Crippen molar-refractivity contribution < 1.29 is 0 Å². The second-order valence-corrected chi connectivity index (χ2v) is 5.78. The number of hydrogen-bond donors (Lipinski definition) is 2. The fourth-order valence-electron chi connectivity index (χ4n) is 2.31. The summed E-state index contributed by atoms with van der Waals surface area (Å²) in [5.41, 5.74) is 7.20. The lowest BCUT2D eigenvalue weighted by Crippen LogP contribution is -2.40. The van der Waals surface area contributed by atoms with Gasteiger partial charge in [0.15, 0.2) is 5.96 Å². The van der Waals surface area contributed by atoms with E-state index in [-0.39, 0.29) is 0 Å². The summed E-state index contributed by atoms with van der Waals surface area (Å²) >= 11 is 6.01. The third-order valence-corrected chi connectivity index (χ3v) is 4.00. The van der Waals surface area contributed by atoms with Gasteiger partial charge in [0, 0.05) is 11.1 Å². The van der Waals surface area contributed by atoms with Gasteiger partial charge >= 0.3 is 0 Å². The van der Waals surface area contributed by atoms with Crippen molar-refractivity contribution in [2.75, 3.05) is 0 Å². The number of guanidine groups is 1. The van der Waals surface area contributed by atoms with Gasteiger partial charge in [0.25, 0.3) is 0 Å². The molecule has 0 aromatic heterocycles. The van der Waals surface area contributed by atoms with Gasteiger partial charge in [-0.3, -0.25) is 4.99 Å². The van der Waals surface area contributed by atoms with E-state index in [0.717, 1.165) is 24.3 Å². The van der Waals surface area contributed by atoms with Crippen LogP contribution >= 0.6 is 11.6 Å². The van der Waals surface area contributed by atoms with E-state index in [0.29, 0.717) is 24.0 Å². The molecule has 3 N–H and O–H groups in total. The van der Waals surface area contributed by atoms with Crippen LogP contribution in [-0.4, -0.2) is 18.0 Å². The van der Waals surface area contributed by atoms with Crippen molar-refractivity contribution in [1.29, 1.82) is 0 Å². The molecule has 1 aliphatic carbocycles. The van der Waals surface area contributed by atoms with Gasteiger partial charge in [-0.15, -0.1) is 0 Å². The molecule has 0 spiro atoms. The Hall–Kier alpha value is -1.22. The number of aliphatic imine (C=N–C) groups is 1. The van der Waals surface area contributed by atoms with Gasteiger partial charge < -0.3 is 11.1 Å². The number of nitrogens with zero attached hydrogens (tertiary/aromatic N) is 1. The first-order valence-corrected chi connectivity index (χ1v) is 7.31. The Morgan fingerprint density at radius 2 is 2.26 bits per heavy atom. The van der Waals surface area contributed by atoms with Crippen molar-refractivity contribution in [1.82, 2.24) is 5.32 Å². The predicted octanol–water partition coefficient (Wildman–Crippen LogP) is 3.29. The van der Waals surface area contributed by atoms with Crippen LogP contribution in [0.5, 0.6) is 0 Å². The number of rotatable bonds is 4. The van der Waals surface area contributed by atoms with E-state index in [9.17, 15) is 0 Å². The monoisotopic (exact) mass is 279 g/mol. The highest BCUT2D eigenvalue weighted by molar-refractivity contribution is 6.30. The smallest absolute Gasteiger partial charge is 0.189 e. The molecule has 0 aliphatic heterocycles. The van der Waals surface area contributed by atoms with Crippen LogP contribution in [0.4, 0.5) is 0 Å². The van der Waals surface area contributed by atoms with Crippen LogP contribution in [-0.2, 0) is 0 Å². The number of nitrogens with one attached hydrogen (secondary N) is 1. The summed E-state index contributed by atoms with van der Waals surface area (Å²) in [6.45, 7) is 4.24. The molecule has 1 atom stereocenters. The van der Waals surface area contributed by atoms with E-state index in [1.165, 1.54) is 5.56 Å². The summed E-state index contributed by atoms with van der Waals surface area (Å²) in [6.07, 6.45) is 3.17. The second kappa shape index (κ2) is 6.29. The zero-order valence-electron chi connectivity index (χ0n) is 11.6. The lowest BCUT2D eigenvalue weighted by Gasteiger charge is -2.33. The quantitative estimate of drug-likeness (QED) is 0.656. The lowest BCUT2D eigenvalue weighted by molar-refractivity contribution is 0.352. The van der Waals surface area contributed by atoms with Crippen LogP contribution < -0.4 is 11.1 Å². The molecule has 0 heterocycles. The Morgan fingerprint density at radius 3 is 2.89 bits per heavy atom. The maximum absolute atomic E-state index is 6.01. The highest BCUT2D eigenvalue weighted by Gasteiger charge is 2.30. The van der Waals surface area contributed by atoms with Crippen LogP contribution in [0.2, 0.25) is 5.02 Å². The Balaban J connectivity index is 1.84. The fraction of sp³-hybridized carbons (Fsp3) is 0.533. The van der Waals surface area contributed by atoms with Crippen LogP contribution in [0.3, 0.4) is 0 Å². The molecule has 0 amide bonds. The lowest BCUT2D eigenvalue weighted by atomic mass is 9.76. The van der Waals surface area contributed by atoms with Crippen molar-refractivity contribution in [3.8, 4) is 0 Å². The molecule has 1 fully saturated rings. The third kappa shape index (κ3) is 3.87. The number of nitrogens with two attached hydrogens (primary N) is 1. The molecule has 0 radical (unpaired) electrons. The van der Waals surface area contributed by atoms with E-state index in [4.69, 9.17) is 17.3 Å². The molecule has 1 aromatic rings. The average molecular weight is 280 g/mol. The van der Waals surface area contributed by atoms with Crippen molar-refractivity contribution in [3.05, 3.63) is 34.9 Å². The molecule has 1 aliphatic rings. The van der Waals surface area contributed by atoms with Gasteiger partial charge in [0.2, 0.25) is 0 Å². The summed E-state index contributed by atoms with van der Waals surface area (Å²) in [4.78, 5) is 4.52. The summed E-state index contributed by atoms with van der Waals surface area (Å²) < 4.78 is 0. The first-order chi connectivity index (χ1) is 9.08. The predicted molar refractivity (Wildman–Crippen MR) is 81.7 cm³/mol. The van der Waals surface area contributed by atoms with Crippen molar-refractivity contribution >= 4 is 17.6 Å². The molecule has 1 aromatic carbocycles. The van der Waals surface area contributed by atoms with E-state index in [1.807, 2.05) is 18.2 Å². The van der Waals surface area contributed by atoms with E-state index >= 15 is 0 Å². The third-order valence-electron chi connectivity index (χ3n) is 3.76. The zero-order valence-corrected chi connectivity index (χ0v) is 12.3. The molecular formula is C15H22ClN3. The summed E-state index contributed by atoms with van der Waals surface area (Å²) in [6, 6.07) is 8.83. The molecule has 19 heavy (non-hydrogen) atoms. The largest absolute Gasteiger partial charge is 0.370 e. The maximum atomic E-state index is 6.01. The van der Waals surface area contributed by atoms with Gasteiger partial charge in [-0.25, -0.2) is 0 Å². The van der Waals surface area contributed by atoms with E-state index in [1.54, 1.807) is 0 Å². The van der Waals surface area contributed by atoms with Gasteiger partial charge in [-0.05, 0) is 49.8 Å². The van der Waals surface area contributed by atoms with Crippen LogP contribution in [0.15, 0.2) is 29.3 Å². The van der Waals surface area contributed by atoms with Gasteiger partial charge in [0.05, 0.1) is 6.04 Å². The Morgan fingerprint density at radius 1 is 1.53 bits per heavy atom. The van der Waals surface area contributed by atoms with Crippen LogP contribution in [0.1, 0.15) is 44.6 Å². The molecule has 3 nitrogen and oxygen atoms in total. The molecule has 0 bridgehead atoms. The minimum absolute atomic E-state index is 0.348. The van der Waals surface area contributed by atoms with Crippen LogP contribution in [0, 0.1) is 0 Å². The van der Waals surface area contributed by atoms with Gasteiger partial charge in [0.1, 0.15) is 0 Å². The minimum Gasteiger partial charge on any atom is -0.370 e. The van der Waals surface area contributed by atoms with Crippen molar-refractivity contribution in [2.45, 2.75) is 51.1 Å². The summed E-state index contributed by atoms with van der Waals surface area (Å²) in [5.74, 6) is 1.15.